The Bertz CT molecular complexity index is 1920. The highest BCUT2D eigenvalue weighted by Crippen LogP contribution is 2.42. The van der Waals surface area contributed by atoms with E-state index in [1.165, 1.54) is 0 Å². The zero-order valence-corrected chi connectivity index (χ0v) is 27.7. The number of hydrogen-bond acceptors (Lipinski definition) is 8. The molecule has 4 N–H and O–H groups in total. The molecule has 0 bridgehead atoms. The molecule has 9 nitrogen and oxygen atoms in total. The maximum atomic E-state index is 11.5. The largest absolute Gasteiger partial charge is 0.481 e. The van der Waals surface area contributed by atoms with E-state index >= 15 is 0 Å². The second kappa shape index (κ2) is 14.8. The molecule has 5 aromatic rings. The quantitative estimate of drug-likeness (QED) is 0.124. The Morgan fingerprint density at radius 3 is 2.34 bits per heavy atom. The summed E-state index contributed by atoms with van der Waals surface area (Å²) >= 11 is 14.1. The molecule has 0 saturated carbocycles. The number of nitrogens with zero attached hydrogens (tertiary/aromatic N) is 3. The summed E-state index contributed by atoms with van der Waals surface area (Å²) in [5.41, 5.74) is 7.17. The van der Waals surface area contributed by atoms with E-state index in [1.807, 2.05) is 66.9 Å². The minimum Gasteiger partial charge on any atom is -0.481 e. The summed E-state index contributed by atoms with van der Waals surface area (Å²) in [4.78, 5) is 25.6. The van der Waals surface area contributed by atoms with Crippen molar-refractivity contribution < 1.29 is 14.6 Å². The molecule has 0 radical (unpaired) electrons. The van der Waals surface area contributed by atoms with Gasteiger partial charge in [0.15, 0.2) is 0 Å². The molecule has 1 unspecified atom stereocenters. The lowest BCUT2D eigenvalue weighted by Gasteiger charge is -2.15. The standard InChI is InChI=1S/C36H36Cl2N6O3/c1-21(45)15-39-16-22-13-24-19-42-32(14-31(24)41-17-22)29-8-4-6-27(35(29)38)26-5-3-7-28(34(26)37)30-11-9-23(36(44-30)47-2)18-40-20-25-10-12-33(46)43-25/h3-9,11,13-14,17,19,21,25,39-40,45H,10,12,15-16,18,20H2,1-2H3,(H,43,46)/t21?,25-/m0/s1. The van der Waals surface area contributed by atoms with E-state index in [0.717, 1.165) is 50.7 Å². The van der Waals surface area contributed by atoms with Gasteiger partial charge in [-0.25, -0.2) is 4.98 Å². The van der Waals surface area contributed by atoms with Crippen LogP contribution in [0.5, 0.6) is 5.88 Å². The van der Waals surface area contributed by atoms with Crippen molar-refractivity contribution in [3.05, 3.63) is 94.2 Å². The van der Waals surface area contributed by atoms with Crippen LogP contribution in [0.3, 0.4) is 0 Å². The third-order valence-corrected chi connectivity index (χ3v) is 8.97. The van der Waals surface area contributed by atoms with Gasteiger partial charge in [0, 0.05) is 84.2 Å². The van der Waals surface area contributed by atoms with Crippen LogP contribution in [0.2, 0.25) is 10.0 Å². The SMILES string of the molecule is COc1nc(-c2cccc(-c3cccc(-c4cc5ncc(CNCC(C)O)cc5cn4)c3Cl)c2Cl)ccc1CNC[C@@H]1CCC(=O)N1. The Kier molecular flexibility index (Phi) is 10.3. The maximum absolute atomic E-state index is 11.5. The van der Waals surface area contributed by atoms with Gasteiger partial charge in [0.2, 0.25) is 11.8 Å². The van der Waals surface area contributed by atoms with Crippen molar-refractivity contribution in [2.75, 3.05) is 20.2 Å². The number of pyridine rings is 3. The summed E-state index contributed by atoms with van der Waals surface area (Å²) in [6, 6.07) is 19.7. The number of methoxy groups -OCH3 is 1. The van der Waals surface area contributed by atoms with Crippen LogP contribution < -0.4 is 20.7 Å². The summed E-state index contributed by atoms with van der Waals surface area (Å²) in [6.07, 6.45) is 4.63. The first-order valence-electron chi connectivity index (χ1n) is 15.6. The molecule has 0 spiro atoms. The van der Waals surface area contributed by atoms with Gasteiger partial charge in [0.25, 0.3) is 0 Å². The van der Waals surface area contributed by atoms with Gasteiger partial charge in [-0.2, -0.15) is 0 Å². The second-order valence-electron chi connectivity index (χ2n) is 11.7. The number of benzene rings is 2. The van der Waals surface area contributed by atoms with Crippen LogP contribution in [0.4, 0.5) is 0 Å². The average molecular weight is 672 g/mol. The minimum atomic E-state index is -0.412. The van der Waals surface area contributed by atoms with Crippen molar-refractivity contribution >= 4 is 40.0 Å². The minimum absolute atomic E-state index is 0.101. The highest BCUT2D eigenvalue weighted by molar-refractivity contribution is 6.39. The van der Waals surface area contributed by atoms with Crippen molar-refractivity contribution in [3.63, 3.8) is 0 Å². The highest BCUT2D eigenvalue weighted by Gasteiger charge is 2.21. The molecule has 2 atom stereocenters. The number of hydrogen-bond donors (Lipinski definition) is 4. The smallest absolute Gasteiger partial charge is 0.220 e. The molecule has 1 saturated heterocycles. The summed E-state index contributed by atoms with van der Waals surface area (Å²) in [5, 5.41) is 21.0. The molecule has 4 heterocycles. The first-order valence-corrected chi connectivity index (χ1v) is 16.3. The van der Waals surface area contributed by atoms with Gasteiger partial charge in [-0.15, -0.1) is 0 Å². The van der Waals surface area contributed by atoms with E-state index in [-0.39, 0.29) is 11.9 Å². The van der Waals surface area contributed by atoms with Gasteiger partial charge < -0.3 is 25.8 Å². The molecule has 1 amide bonds. The van der Waals surface area contributed by atoms with Crippen LogP contribution in [0.25, 0.3) is 44.5 Å². The van der Waals surface area contributed by atoms with Crippen molar-refractivity contribution in [1.82, 2.24) is 30.9 Å². The van der Waals surface area contributed by atoms with E-state index < -0.39 is 6.10 Å². The Balaban J connectivity index is 1.24. The van der Waals surface area contributed by atoms with Crippen LogP contribution in [0.15, 0.2) is 73.1 Å². The Morgan fingerprint density at radius 2 is 1.66 bits per heavy atom. The number of carbonyl (C=O) groups excluding carboxylic acids is 1. The van der Waals surface area contributed by atoms with Crippen LogP contribution in [0, 0.1) is 0 Å². The fourth-order valence-corrected chi connectivity index (χ4v) is 6.40. The van der Waals surface area contributed by atoms with Gasteiger partial charge >= 0.3 is 0 Å². The Hall–Kier alpha value is -4.12. The van der Waals surface area contributed by atoms with E-state index in [0.29, 0.717) is 59.9 Å². The number of aromatic nitrogens is 3. The topological polar surface area (TPSA) is 121 Å². The molecule has 1 aliphatic rings. The average Bonchev–Trinajstić information content (AvgIpc) is 3.49. The normalized spacial score (nSPS) is 15.2. The van der Waals surface area contributed by atoms with Crippen LogP contribution in [0.1, 0.15) is 30.9 Å². The summed E-state index contributed by atoms with van der Waals surface area (Å²) < 4.78 is 5.64. The molecule has 242 valence electrons. The fourth-order valence-electron chi connectivity index (χ4n) is 5.75. The van der Waals surface area contributed by atoms with Gasteiger partial charge in [-0.1, -0.05) is 65.7 Å². The summed E-state index contributed by atoms with van der Waals surface area (Å²) in [6.45, 7) is 4.10. The number of rotatable bonds is 12. The molecule has 47 heavy (non-hydrogen) atoms. The van der Waals surface area contributed by atoms with E-state index in [4.69, 9.17) is 37.9 Å². The molecule has 3 aromatic heterocycles. The van der Waals surface area contributed by atoms with E-state index in [2.05, 4.69) is 20.9 Å². The molecule has 0 aliphatic carbocycles. The lowest BCUT2D eigenvalue weighted by atomic mass is 9.98. The maximum Gasteiger partial charge on any atom is 0.220 e. The van der Waals surface area contributed by atoms with Gasteiger partial charge in [-0.05, 0) is 37.1 Å². The van der Waals surface area contributed by atoms with E-state index in [9.17, 15) is 9.90 Å². The number of halogens is 2. The first kappa shape index (κ1) is 32.8. The molecular weight excluding hydrogens is 635 g/mol. The molecular formula is C36H36Cl2N6O3. The van der Waals surface area contributed by atoms with Gasteiger partial charge in [0.1, 0.15) is 0 Å². The van der Waals surface area contributed by atoms with E-state index in [1.54, 1.807) is 20.2 Å². The third-order valence-electron chi connectivity index (χ3n) is 8.15. The molecule has 1 aliphatic heterocycles. The summed E-state index contributed by atoms with van der Waals surface area (Å²) in [7, 11) is 1.60. The monoisotopic (exact) mass is 670 g/mol. The van der Waals surface area contributed by atoms with Crippen molar-refractivity contribution in [1.29, 1.82) is 0 Å². The number of ether oxygens (including phenoxy) is 1. The van der Waals surface area contributed by atoms with Crippen LogP contribution in [-0.2, 0) is 17.9 Å². The zero-order chi connectivity index (χ0) is 32.9. The Labute approximate surface area is 283 Å². The Morgan fingerprint density at radius 1 is 0.936 bits per heavy atom. The second-order valence-corrected chi connectivity index (χ2v) is 12.5. The van der Waals surface area contributed by atoms with Crippen molar-refractivity contribution in [3.8, 4) is 39.5 Å². The highest BCUT2D eigenvalue weighted by atomic mass is 35.5. The van der Waals surface area contributed by atoms with Crippen molar-refractivity contribution in [2.24, 2.45) is 0 Å². The van der Waals surface area contributed by atoms with Crippen molar-refractivity contribution in [2.45, 2.75) is 45.0 Å². The lowest BCUT2D eigenvalue weighted by molar-refractivity contribution is -0.119. The third kappa shape index (κ3) is 7.56. The number of fused-ring (bicyclic) bond motifs is 1. The zero-order valence-electron chi connectivity index (χ0n) is 26.2. The lowest BCUT2D eigenvalue weighted by Crippen LogP contribution is -2.35. The number of amides is 1. The number of carbonyl (C=O) groups is 1. The van der Waals surface area contributed by atoms with Gasteiger partial charge in [0.05, 0.1) is 40.2 Å². The van der Waals surface area contributed by atoms with Crippen LogP contribution in [-0.4, -0.2) is 58.3 Å². The fraction of sp³-hybridized carbons (Fsp3) is 0.278. The predicted octanol–water partition coefficient (Wildman–Crippen LogP) is 6.18. The number of nitrogens with one attached hydrogen (secondary N) is 3. The first-order chi connectivity index (χ1) is 22.8. The molecule has 2 aromatic carbocycles. The van der Waals surface area contributed by atoms with Crippen LogP contribution >= 0.6 is 23.2 Å². The molecule has 1 fully saturated rings. The number of aliphatic hydroxyl groups is 1. The predicted molar refractivity (Wildman–Crippen MR) is 186 cm³/mol. The number of aliphatic hydroxyl groups excluding tert-OH is 1. The summed E-state index contributed by atoms with van der Waals surface area (Å²) in [5.74, 6) is 0.606. The molecule has 6 rings (SSSR count). The van der Waals surface area contributed by atoms with Gasteiger partial charge in [-0.3, -0.25) is 14.8 Å². The molecule has 11 heteroatoms.